The van der Waals surface area contributed by atoms with Crippen molar-refractivity contribution in [3.05, 3.63) is 39.5 Å². The van der Waals surface area contributed by atoms with Crippen LogP contribution >= 0.6 is 15.9 Å². The summed E-state index contributed by atoms with van der Waals surface area (Å²) < 4.78 is 1.99. The van der Waals surface area contributed by atoms with Gasteiger partial charge in [0.2, 0.25) is 0 Å². The van der Waals surface area contributed by atoms with Gasteiger partial charge in [0.25, 0.3) is 0 Å². The van der Waals surface area contributed by atoms with Crippen LogP contribution in [0, 0.1) is 5.21 Å². The topological polar surface area (TPSA) is 26.1 Å². The maximum Gasteiger partial charge on any atom is 0.182 e. The Morgan fingerprint density at radius 3 is 2.14 bits per heavy atom. The van der Waals surface area contributed by atoms with Crippen molar-refractivity contribution in [1.82, 2.24) is 0 Å². The first kappa shape index (κ1) is 11.2. The molecule has 1 aromatic rings. The first-order chi connectivity index (χ1) is 6.39. The molecule has 76 valence electrons. The van der Waals surface area contributed by atoms with E-state index in [9.17, 15) is 5.21 Å². The minimum Gasteiger partial charge on any atom is -0.623 e. The highest BCUT2D eigenvalue weighted by Gasteiger charge is 2.17. The average molecular weight is 256 g/mol. The average Bonchev–Trinajstić information content (AvgIpc) is 2.07. The van der Waals surface area contributed by atoms with E-state index in [0.717, 1.165) is 14.8 Å². The number of hydrogen-bond acceptors (Lipinski definition) is 1. The second-order valence-electron chi connectivity index (χ2n) is 4.18. The fourth-order valence-electron chi connectivity index (χ4n) is 0.878. The molecule has 0 spiro atoms. The summed E-state index contributed by atoms with van der Waals surface area (Å²) in [6, 6.07) is 7.64. The molecule has 0 unspecified atom stereocenters. The molecule has 0 saturated carbocycles. The maximum absolute atomic E-state index is 11.6. The molecule has 0 saturated heterocycles. The predicted molar refractivity (Wildman–Crippen MR) is 62.7 cm³/mol. The van der Waals surface area contributed by atoms with E-state index in [1.54, 1.807) is 6.21 Å². The van der Waals surface area contributed by atoms with Gasteiger partial charge in [-0.05, 0) is 24.3 Å². The Morgan fingerprint density at radius 2 is 1.71 bits per heavy atom. The van der Waals surface area contributed by atoms with Gasteiger partial charge in [-0.2, -0.15) is 0 Å². The number of hydrogen-bond donors (Lipinski definition) is 0. The van der Waals surface area contributed by atoms with Crippen LogP contribution in [-0.2, 0) is 0 Å². The van der Waals surface area contributed by atoms with Gasteiger partial charge in [0.15, 0.2) is 11.8 Å². The number of benzene rings is 1. The van der Waals surface area contributed by atoms with Crippen LogP contribution in [-0.4, -0.2) is 16.5 Å². The number of hydroxylamine groups is 1. The highest BCUT2D eigenvalue weighted by Crippen LogP contribution is 2.10. The third-order valence-electron chi connectivity index (χ3n) is 1.80. The number of rotatable bonds is 1. The largest absolute Gasteiger partial charge is 0.623 e. The third-order valence-corrected chi connectivity index (χ3v) is 2.33. The van der Waals surface area contributed by atoms with E-state index in [4.69, 9.17) is 0 Å². The minimum absolute atomic E-state index is 0.382. The number of nitrogens with zero attached hydrogens (tertiary/aromatic N) is 1. The minimum atomic E-state index is -0.382. The molecule has 0 amide bonds. The van der Waals surface area contributed by atoms with Gasteiger partial charge in [0.1, 0.15) is 0 Å². The second-order valence-corrected chi connectivity index (χ2v) is 5.09. The van der Waals surface area contributed by atoms with Crippen molar-refractivity contribution in [3.8, 4) is 0 Å². The molecule has 1 rings (SSSR count). The lowest BCUT2D eigenvalue weighted by molar-refractivity contribution is -0.530. The first-order valence-electron chi connectivity index (χ1n) is 4.46. The van der Waals surface area contributed by atoms with Gasteiger partial charge in [0.05, 0.1) is 0 Å². The molecule has 0 aromatic heterocycles. The van der Waals surface area contributed by atoms with Gasteiger partial charge >= 0.3 is 0 Å². The molecule has 0 bridgehead atoms. The first-order valence-corrected chi connectivity index (χ1v) is 5.26. The molecular weight excluding hydrogens is 242 g/mol. The van der Waals surface area contributed by atoms with Crippen LogP contribution in [0.4, 0.5) is 0 Å². The van der Waals surface area contributed by atoms with E-state index in [-0.39, 0.29) is 5.54 Å². The Hall–Kier alpha value is -0.830. The Bertz CT molecular complexity index is 335. The zero-order valence-corrected chi connectivity index (χ0v) is 10.2. The van der Waals surface area contributed by atoms with Crippen LogP contribution < -0.4 is 0 Å². The number of halogens is 1. The Balaban J connectivity index is 2.93. The van der Waals surface area contributed by atoms with Crippen LogP contribution in [0.3, 0.4) is 0 Å². The van der Waals surface area contributed by atoms with E-state index in [1.165, 1.54) is 0 Å². The van der Waals surface area contributed by atoms with Crippen LogP contribution in [0.25, 0.3) is 0 Å². The summed E-state index contributed by atoms with van der Waals surface area (Å²) in [6.07, 6.45) is 1.60. The van der Waals surface area contributed by atoms with Crippen molar-refractivity contribution < 1.29 is 4.74 Å². The molecule has 1 aromatic carbocycles. The van der Waals surface area contributed by atoms with E-state index < -0.39 is 0 Å². The predicted octanol–water partition coefficient (Wildman–Crippen LogP) is 3.18. The Kier molecular flexibility index (Phi) is 3.32. The third kappa shape index (κ3) is 3.14. The van der Waals surface area contributed by atoms with Crippen molar-refractivity contribution in [3.63, 3.8) is 0 Å². The van der Waals surface area contributed by atoms with Crippen LogP contribution in [0.2, 0.25) is 0 Å². The smallest absolute Gasteiger partial charge is 0.182 e. The quantitative estimate of drug-likeness (QED) is 0.328. The molecule has 0 aliphatic carbocycles. The summed E-state index contributed by atoms with van der Waals surface area (Å²) >= 11 is 3.35. The van der Waals surface area contributed by atoms with Crippen molar-refractivity contribution in [2.45, 2.75) is 26.3 Å². The summed E-state index contributed by atoms with van der Waals surface area (Å²) in [4.78, 5) is 0. The van der Waals surface area contributed by atoms with Crippen molar-refractivity contribution >= 4 is 22.1 Å². The van der Waals surface area contributed by atoms with Crippen molar-refractivity contribution in [2.75, 3.05) is 0 Å². The van der Waals surface area contributed by atoms with Crippen LogP contribution in [0.15, 0.2) is 28.7 Å². The lowest BCUT2D eigenvalue weighted by Crippen LogP contribution is -2.29. The van der Waals surface area contributed by atoms with Crippen LogP contribution in [0.5, 0.6) is 0 Å². The molecule has 0 aliphatic heterocycles. The Labute approximate surface area is 93.0 Å². The zero-order chi connectivity index (χ0) is 10.8. The highest BCUT2D eigenvalue weighted by molar-refractivity contribution is 9.10. The van der Waals surface area contributed by atoms with Crippen molar-refractivity contribution in [2.24, 2.45) is 0 Å². The van der Waals surface area contributed by atoms with E-state index in [2.05, 4.69) is 15.9 Å². The van der Waals surface area contributed by atoms with Crippen LogP contribution in [0.1, 0.15) is 26.3 Å². The fraction of sp³-hybridized carbons (Fsp3) is 0.364. The molecule has 0 N–H and O–H groups in total. The fourth-order valence-corrected chi connectivity index (χ4v) is 1.14. The van der Waals surface area contributed by atoms with Gasteiger partial charge in [0, 0.05) is 30.8 Å². The lowest BCUT2D eigenvalue weighted by Gasteiger charge is -2.18. The molecule has 0 radical (unpaired) electrons. The molecule has 0 fully saturated rings. The normalized spacial score (nSPS) is 13.0. The summed E-state index contributed by atoms with van der Waals surface area (Å²) in [5, 5.41) is 11.6. The molecule has 14 heavy (non-hydrogen) atoms. The van der Waals surface area contributed by atoms with Gasteiger partial charge < -0.3 is 5.21 Å². The summed E-state index contributed by atoms with van der Waals surface area (Å²) in [6.45, 7) is 5.65. The van der Waals surface area contributed by atoms with E-state index in [0.29, 0.717) is 0 Å². The highest BCUT2D eigenvalue weighted by atomic mass is 79.9. The van der Waals surface area contributed by atoms with Gasteiger partial charge in [-0.3, -0.25) is 0 Å². The second kappa shape index (κ2) is 4.13. The molecule has 2 nitrogen and oxygen atoms in total. The zero-order valence-electron chi connectivity index (χ0n) is 8.62. The van der Waals surface area contributed by atoms with E-state index >= 15 is 0 Å². The molecule has 0 atom stereocenters. The molecular formula is C11H14BrNO. The summed E-state index contributed by atoms with van der Waals surface area (Å²) in [7, 11) is 0. The summed E-state index contributed by atoms with van der Waals surface area (Å²) in [5.74, 6) is 0. The van der Waals surface area contributed by atoms with Crippen molar-refractivity contribution in [1.29, 1.82) is 0 Å². The standard InChI is InChI=1S/C11H14BrNO/c1-11(2,3)13(14)8-9-4-6-10(12)7-5-9/h4-8H,1-3H3. The SMILES string of the molecule is CC(C)(C)[N+]([O-])=Cc1ccc(Br)cc1. The van der Waals surface area contributed by atoms with Gasteiger partial charge in [-0.1, -0.05) is 15.9 Å². The maximum atomic E-state index is 11.6. The molecule has 0 aliphatic rings. The van der Waals surface area contributed by atoms with Gasteiger partial charge in [-0.15, -0.1) is 0 Å². The monoisotopic (exact) mass is 255 g/mol. The Morgan fingerprint density at radius 1 is 1.21 bits per heavy atom. The summed E-state index contributed by atoms with van der Waals surface area (Å²) in [5.41, 5.74) is 0.533. The molecule has 3 heteroatoms. The molecule has 0 heterocycles. The van der Waals surface area contributed by atoms with E-state index in [1.807, 2.05) is 45.0 Å². The van der Waals surface area contributed by atoms with Gasteiger partial charge in [-0.25, -0.2) is 4.74 Å². The lowest BCUT2D eigenvalue weighted by atomic mass is 10.1.